The summed E-state index contributed by atoms with van der Waals surface area (Å²) < 4.78 is 17.3. The Kier molecular flexibility index (Phi) is 6.65. The quantitative estimate of drug-likeness (QED) is 0.389. The number of nitrogens with one attached hydrogen (secondary N) is 1. The van der Waals surface area contributed by atoms with Crippen molar-refractivity contribution in [2.45, 2.75) is 78.0 Å². The molecule has 7 heteroatoms. The monoisotopic (exact) mass is 489 g/mol. The average molecular weight is 490 g/mol. The fraction of sp³-hybridized carbons (Fsp3) is 0.448. The molecule has 3 aromatic rings. The number of rotatable bonds is 7. The van der Waals surface area contributed by atoms with Crippen molar-refractivity contribution in [1.82, 2.24) is 4.98 Å². The third kappa shape index (κ3) is 4.54. The molecule has 1 amide bonds. The summed E-state index contributed by atoms with van der Waals surface area (Å²) in [7, 11) is 0. The van der Waals surface area contributed by atoms with Crippen LogP contribution in [0.25, 0.3) is 0 Å². The molecule has 1 saturated carbocycles. The van der Waals surface area contributed by atoms with Crippen molar-refractivity contribution < 1.29 is 18.7 Å². The topological polar surface area (TPSA) is 76.8 Å². The van der Waals surface area contributed by atoms with Crippen molar-refractivity contribution >= 4 is 17.5 Å². The molecule has 0 radical (unpaired) electrons. The number of fused-ring (bicyclic) bond motifs is 1. The van der Waals surface area contributed by atoms with Crippen LogP contribution >= 0.6 is 0 Å². The number of carbonyl (C=O) groups excluding carboxylic acids is 1. The van der Waals surface area contributed by atoms with Gasteiger partial charge in [-0.2, -0.15) is 0 Å². The number of aromatic nitrogens is 1. The van der Waals surface area contributed by atoms with Crippen molar-refractivity contribution in [3.8, 4) is 5.75 Å². The second-order valence-corrected chi connectivity index (χ2v) is 9.96. The smallest absolute Gasteiger partial charge is 0.411 e. The van der Waals surface area contributed by atoms with E-state index in [1.807, 2.05) is 52.8 Å². The Hall–Kier alpha value is -3.48. The van der Waals surface area contributed by atoms with E-state index in [4.69, 9.17) is 18.9 Å². The Labute approximate surface area is 212 Å². The lowest BCUT2D eigenvalue weighted by Gasteiger charge is -2.42. The fourth-order valence-electron chi connectivity index (χ4n) is 5.21. The first kappa shape index (κ1) is 24.2. The molecule has 7 nitrogen and oxygen atoms in total. The molecule has 2 aromatic carbocycles. The maximum absolute atomic E-state index is 12.1. The molecule has 0 saturated heterocycles. The Morgan fingerprint density at radius 2 is 1.92 bits per heavy atom. The van der Waals surface area contributed by atoms with E-state index in [9.17, 15) is 4.79 Å². The molecule has 2 unspecified atom stereocenters. The molecule has 1 fully saturated rings. The molecule has 1 N–H and O–H groups in total. The molecule has 190 valence electrons. The van der Waals surface area contributed by atoms with E-state index >= 15 is 0 Å². The largest absolute Gasteiger partial charge is 0.494 e. The van der Waals surface area contributed by atoms with Gasteiger partial charge < -0.3 is 18.8 Å². The molecular formula is C29H35N3O4. The van der Waals surface area contributed by atoms with Crippen LogP contribution in [0.5, 0.6) is 5.75 Å². The van der Waals surface area contributed by atoms with E-state index in [0.717, 1.165) is 41.5 Å². The van der Waals surface area contributed by atoms with Crippen LogP contribution in [-0.2, 0) is 4.74 Å². The summed E-state index contributed by atoms with van der Waals surface area (Å²) in [6.07, 6.45) is 2.93. The molecule has 2 aliphatic rings. The van der Waals surface area contributed by atoms with Gasteiger partial charge in [0.05, 0.1) is 30.4 Å². The number of amides is 1. The molecule has 0 bridgehead atoms. The second-order valence-electron chi connectivity index (χ2n) is 9.96. The van der Waals surface area contributed by atoms with Gasteiger partial charge in [0.1, 0.15) is 11.5 Å². The lowest BCUT2D eigenvalue weighted by Crippen LogP contribution is -2.41. The van der Waals surface area contributed by atoms with Gasteiger partial charge in [-0.05, 0) is 83.2 Å². The van der Waals surface area contributed by atoms with E-state index in [-0.39, 0.29) is 18.1 Å². The number of hydrogen-bond donors (Lipinski definition) is 1. The summed E-state index contributed by atoms with van der Waals surface area (Å²) in [5.41, 5.74) is 5.17. The summed E-state index contributed by atoms with van der Waals surface area (Å²) in [6, 6.07) is 14.9. The van der Waals surface area contributed by atoms with Crippen molar-refractivity contribution in [3.63, 3.8) is 0 Å². The van der Waals surface area contributed by atoms with Gasteiger partial charge in [0.25, 0.3) is 0 Å². The fourth-order valence-corrected chi connectivity index (χ4v) is 5.21. The number of hydrogen-bond acceptors (Lipinski definition) is 6. The first-order chi connectivity index (χ1) is 17.4. The molecule has 1 aromatic heterocycles. The predicted octanol–water partition coefficient (Wildman–Crippen LogP) is 6.89. The molecular weight excluding hydrogens is 454 g/mol. The Morgan fingerprint density at radius 3 is 2.50 bits per heavy atom. The number of benzene rings is 2. The number of ether oxygens (including phenoxy) is 2. The minimum absolute atomic E-state index is 0.0243. The first-order valence-electron chi connectivity index (χ1n) is 12.9. The Morgan fingerprint density at radius 1 is 1.17 bits per heavy atom. The highest BCUT2D eigenvalue weighted by atomic mass is 16.6. The van der Waals surface area contributed by atoms with Crippen LogP contribution in [0, 0.1) is 13.8 Å². The SMILES string of the molecule is CCOc1ccc2c(c1)N(C1CCC1)C(c1ccc(NC(=O)OC(C)C)cc1)C2c1nc(C)c(C)o1. The summed E-state index contributed by atoms with van der Waals surface area (Å²) >= 11 is 0. The van der Waals surface area contributed by atoms with Crippen molar-refractivity contribution in [2.75, 3.05) is 16.8 Å². The van der Waals surface area contributed by atoms with Gasteiger partial charge in [-0.3, -0.25) is 5.32 Å². The zero-order chi connectivity index (χ0) is 25.4. The minimum Gasteiger partial charge on any atom is -0.494 e. The minimum atomic E-state index is -0.450. The number of nitrogens with zero attached hydrogens (tertiary/aromatic N) is 2. The number of carbonyl (C=O) groups is 1. The van der Waals surface area contributed by atoms with Gasteiger partial charge in [0.15, 0.2) is 0 Å². The predicted molar refractivity (Wildman–Crippen MR) is 140 cm³/mol. The van der Waals surface area contributed by atoms with Crippen molar-refractivity contribution in [1.29, 1.82) is 0 Å². The third-order valence-corrected chi connectivity index (χ3v) is 7.16. The zero-order valence-corrected chi connectivity index (χ0v) is 21.7. The van der Waals surface area contributed by atoms with Crippen LogP contribution in [0.4, 0.5) is 16.2 Å². The van der Waals surface area contributed by atoms with Gasteiger partial charge in [-0.1, -0.05) is 18.2 Å². The molecule has 1 aliphatic carbocycles. The Balaban J connectivity index is 1.56. The van der Waals surface area contributed by atoms with Crippen LogP contribution in [0.15, 0.2) is 46.9 Å². The van der Waals surface area contributed by atoms with Crippen LogP contribution in [-0.4, -0.2) is 29.8 Å². The molecule has 1 aliphatic heterocycles. The molecule has 36 heavy (non-hydrogen) atoms. The van der Waals surface area contributed by atoms with Crippen LogP contribution in [0.3, 0.4) is 0 Å². The van der Waals surface area contributed by atoms with Crippen LogP contribution in [0.1, 0.15) is 80.5 Å². The summed E-state index contributed by atoms with van der Waals surface area (Å²) in [6.45, 7) is 10.3. The highest BCUT2D eigenvalue weighted by Gasteiger charge is 2.47. The van der Waals surface area contributed by atoms with E-state index in [1.165, 1.54) is 17.7 Å². The third-order valence-electron chi connectivity index (χ3n) is 7.16. The van der Waals surface area contributed by atoms with E-state index < -0.39 is 6.09 Å². The summed E-state index contributed by atoms with van der Waals surface area (Å²) in [4.78, 5) is 19.5. The van der Waals surface area contributed by atoms with Crippen LogP contribution < -0.4 is 15.0 Å². The standard InChI is InChI=1S/C29H35N3O4/c1-6-34-23-14-15-24-25(16-23)32(22-8-7-9-22)27(26(24)28-30-18(4)19(5)36-28)20-10-12-21(13-11-20)31-29(33)35-17(2)3/h10-17,22,26-27H,6-9H2,1-5H3,(H,31,33). The van der Waals surface area contributed by atoms with Crippen LogP contribution in [0.2, 0.25) is 0 Å². The van der Waals surface area contributed by atoms with Gasteiger partial charge in [-0.25, -0.2) is 9.78 Å². The maximum atomic E-state index is 12.1. The molecule has 2 atom stereocenters. The number of aryl methyl sites for hydroxylation is 2. The Bertz CT molecular complexity index is 1210. The highest BCUT2D eigenvalue weighted by molar-refractivity contribution is 5.84. The lowest BCUT2D eigenvalue weighted by atomic mass is 9.86. The van der Waals surface area contributed by atoms with Gasteiger partial charge in [0, 0.05) is 23.5 Å². The average Bonchev–Trinajstić information content (AvgIpc) is 3.29. The van der Waals surface area contributed by atoms with Gasteiger partial charge >= 0.3 is 6.09 Å². The maximum Gasteiger partial charge on any atom is 0.411 e. The number of oxazole rings is 1. The van der Waals surface area contributed by atoms with Gasteiger partial charge in [-0.15, -0.1) is 0 Å². The normalized spacial score (nSPS) is 19.2. The second kappa shape index (κ2) is 9.88. The molecule has 2 heterocycles. The van der Waals surface area contributed by atoms with E-state index in [0.29, 0.717) is 18.3 Å². The molecule has 0 spiro atoms. The highest BCUT2D eigenvalue weighted by Crippen LogP contribution is 2.55. The van der Waals surface area contributed by atoms with Crippen molar-refractivity contribution in [2.24, 2.45) is 0 Å². The van der Waals surface area contributed by atoms with Gasteiger partial charge in [0.2, 0.25) is 5.89 Å². The summed E-state index contributed by atoms with van der Waals surface area (Å²) in [5, 5.41) is 2.82. The number of anilines is 2. The zero-order valence-electron chi connectivity index (χ0n) is 21.7. The van der Waals surface area contributed by atoms with E-state index in [1.54, 1.807) is 0 Å². The van der Waals surface area contributed by atoms with E-state index in [2.05, 4.69) is 34.5 Å². The lowest BCUT2D eigenvalue weighted by molar-refractivity contribution is 0.130. The first-order valence-corrected chi connectivity index (χ1v) is 12.9. The van der Waals surface area contributed by atoms with Crippen molar-refractivity contribution in [3.05, 3.63) is 70.9 Å². The molecule has 5 rings (SSSR count). The summed E-state index contributed by atoms with van der Waals surface area (Å²) in [5.74, 6) is 2.42.